The van der Waals surface area contributed by atoms with E-state index in [1.165, 1.54) is 7.05 Å². The Morgan fingerprint density at radius 1 is 1.50 bits per heavy atom. The van der Waals surface area contributed by atoms with Gasteiger partial charge in [-0.2, -0.15) is 4.98 Å². The molecule has 1 aromatic carbocycles. The van der Waals surface area contributed by atoms with Crippen LogP contribution in [0.3, 0.4) is 0 Å². The van der Waals surface area contributed by atoms with Crippen molar-refractivity contribution < 1.29 is 14.3 Å². The fourth-order valence-corrected chi connectivity index (χ4v) is 1.46. The van der Waals surface area contributed by atoms with Gasteiger partial charge in [0.2, 0.25) is 0 Å². The molecule has 2 rings (SSSR count). The van der Waals surface area contributed by atoms with E-state index < -0.39 is 6.09 Å². The van der Waals surface area contributed by atoms with Crippen molar-refractivity contribution in [3.63, 3.8) is 0 Å². The summed E-state index contributed by atoms with van der Waals surface area (Å²) in [5.41, 5.74) is 1.49. The average molecular weight is 249 g/mol. The zero-order valence-electron chi connectivity index (χ0n) is 10.3. The van der Waals surface area contributed by atoms with Crippen LogP contribution in [0.25, 0.3) is 11.0 Å². The molecule has 0 saturated carbocycles. The number of nitrogens with one attached hydrogen (secondary N) is 2. The number of aromatic nitrogens is 2. The third-order valence-corrected chi connectivity index (χ3v) is 2.30. The summed E-state index contributed by atoms with van der Waals surface area (Å²) in [7, 11) is 1.49. The van der Waals surface area contributed by atoms with Gasteiger partial charge in [-0.1, -0.05) is 6.92 Å². The fraction of sp³-hybridized carbons (Fsp3) is 0.333. The predicted octanol–water partition coefficient (Wildman–Crippen LogP) is 2.07. The molecule has 0 aliphatic carbocycles. The lowest BCUT2D eigenvalue weighted by molar-refractivity contribution is 0.199. The van der Waals surface area contributed by atoms with Crippen molar-refractivity contribution in [1.29, 1.82) is 0 Å². The summed E-state index contributed by atoms with van der Waals surface area (Å²) in [5, 5.41) is 2.35. The highest BCUT2D eigenvalue weighted by Crippen LogP contribution is 2.21. The normalized spacial score (nSPS) is 10.3. The summed E-state index contributed by atoms with van der Waals surface area (Å²) in [4.78, 5) is 18.1. The number of carbonyl (C=O) groups is 1. The van der Waals surface area contributed by atoms with Crippen LogP contribution < -0.4 is 14.8 Å². The van der Waals surface area contributed by atoms with Crippen molar-refractivity contribution in [3.8, 4) is 11.8 Å². The number of H-pyrrole nitrogens is 1. The number of imidazole rings is 1. The van der Waals surface area contributed by atoms with E-state index in [0.29, 0.717) is 12.1 Å². The van der Waals surface area contributed by atoms with E-state index in [1.54, 1.807) is 6.07 Å². The van der Waals surface area contributed by atoms with Gasteiger partial charge in [0.1, 0.15) is 5.75 Å². The van der Waals surface area contributed by atoms with Crippen LogP contribution in [0.4, 0.5) is 4.79 Å². The minimum absolute atomic E-state index is 0.164. The summed E-state index contributed by atoms with van der Waals surface area (Å²) >= 11 is 0. The summed E-state index contributed by atoms with van der Waals surface area (Å²) < 4.78 is 10.4. The Morgan fingerprint density at radius 3 is 3.06 bits per heavy atom. The fourth-order valence-electron chi connectivity index (χ4n) is 1.46. The average Bonchev–Trinajstić information content (AvgIpc) is 2.77. The molecule has 1 aromatic heterocycles. The molecule has 2 N–H and O–H groups in total. The Labute approximate surface area is 104 Å². The molecule has 0 radical (unpaired) electrons. The van der Waals surface area contributed by atoms with Gasteiger partial charge in [-0.05, 0) is 18.6 Å². The SMILES string of the molecule is CCCOc1ccc2[nH]c(OC(=O)NC)nc2c1. The molecule has 1 amide bonds. The standard InChI is InChI=1S/C12H15N3O3/c1-3-6-17-8-4-5-9-10(7-8)15-11(14-9)18-12(16)13-2/h4-5,7H,3,6H2,1-2H3,(H,13,16)(H,14,15). The molecule has 0 aliphatic rings. The monoisotopic (exact) mass is 249 g/mol. The second kappa shape index (κ2) is 5.39. The minimum Gasteiger partial charge on any atom is -0.494 e. The van der Waals surface area contributed by atoms with Crippen LogP contribution in [0.2, 0.25) is 0 Å². The first-order valence-corrected chi connectivity index (χ1v) is 5.75. The van der Waals surface area contributed by atoms with Crippen LogP contribution in [0, 0.1) is 0 Å². The van der Waals surface area contributed by atoms with Gasteiger partial charge in [0.05, 0.1) is 17.6 Å². The number of hydrogen-bond donors (Lipinski definition) is 2. The molecular weight excluding hydrogens is 234 g/mol. The summed E-state index contributed by atoms with van der Waals surface area (Å²) in [6.45, 7) is 2.71. The van der Waals surface area contributed by atoms with Crippen LogP contribution in [0.5, 0.6) is 11.8 Å². The van der Waals surface area contributed by atoms with Gasteiger partial charge in [-0.15, -0.1) is 0 Å². The van der Waals surface area contributed by atoms with E-state index in [9.17, 15) is 4.79 Å². The van der Waals surface area contributed by atoms with E-state index in [4.69, 9.17) is 9.47 Å². The molecule has 0 bridgehead atoms. The van der Waals surface area contributed by atoms with Crippen molar-refractivity contribution >= 4 is 17.1 Å². The molecule has 96 valence electrons. The lowest BCUT2D eigenvalue weighted by Crippen LogP contribution is -2.22. The second-order valence-electron chi connectivity index (χ2n) is 3.71. The lowest BCUT2D eigenvalue weighted by atomic mass is 10.3. The Bertz CT molecular complexity index is 550. The Balaban J connectivity index is 2.19. The maximum atomic E-state index is 11.0. The van der Waals surface area contributed by atoms with Gasteiger partial charge in [0.25, 0.3) is 0 Å². The first kappa shape index (κ1) is 12.2. The number of hydrogen-bond acceptors (Lipinski definition) is 4. The largest absolute Gasteiger partial charge is 0.494 e. The van der Waals surface area contributed by atoms with Crippen molar-refractivity contribution in [2.24, 2.45) is 0 Å². The number of carbonyl (C=O) groups excluding carboxylic acids is 1. The summed E-state index contributed by atoms with van der Waals surface area (Å²) in [6, 6.07) is 5.65. The summed E-state index contributed by atoms with van der Waals surface area (Å²) in [6.07, 6.45) is 0.389. The smallest absolute Gasteiger partial charge is 0.414 e. The second-order valence-corrected chi connectivity index (χ2v) is 3.71. The van der Waals surface area contributed by atoms with Crippen LogP contribution in [0.1, 0.15) is 13.3 Å². The van der Waals surface area contributed by atoms with Gasteiger partial charge >= 0.3 is 12.1 Å². The molecule has 0 atom stereocenters. The topological polar surface area (TPSA) is 76.2 Å². The molecule has 18 heavy (non-hydrogen) atoms. The third kappa shape index (κ3) is 2.71. The molecule has 0 spiro atoms. The van der Waals surface area contributed by atoms with Crippen molar-refractivity contribution in [3.05, 3.63) is 18.2 Å². The maximum Gasteiger partial charge on any atom is 0.414 e. The number of benzene rings is 1. The molecular formula is C12H15N3O3. The first-order chi connectivity index (χ1) is 8.72. The molecule has 1 heterocycles. The molecule has 0 saturated heterocycles. The van der Waals surface area contributed by atoms with Gasteiger partial charge in [-0.3, -0.25) is 0 Å². The van der Waals surface area contributed by atoms with Gasteiger partial charge in [0.15, 0.2) is 0 Å². The van der Waals surface area contributed by atoms with Crippen molar-refractivity contribution in [1.82, 2.24) is 15.3 Å². The number of rotatable bonds is 4. The Kier molecular flexibility index (Phi) is 3.66. The highest BCUT2D eigenvalue weighted by atomic mass is 16.6. The zero-order valence-corrected chi connectivity index (χ0v) is 10.3. The zero-order chi connectivity index (χ0) is 13.0. The Morgan fingerprint density at radius 2 is 2.33 bits per heavy atom. The lowest BCUT2D eigenvalue weighted by Gasteiger charge is -2.02. The minimum atomic E-state index is -0.559. The molecule has 0 fully saturated rings. The third-order valence-electron chi connectivity index (χ3n) is 2.30. The van der Waals surface area contributed by atoms with Gasteiger partial charge < -0.3 is 19.8 Å². The first-order valence-electron chi connectivity index (χ1n) is 5.75. The summed E-state index contributed by atoms with van der Waals surface area (Å²) in [5.74, 6) is 0.752. The van der Waals surface area contributed by atoms with Crippen molar-refractivity contribution in [2.45, 2.75) is 13.3 Å². The van der Waals surface area contributed by atoms with Crippen LogP contribution in [-0.4, -0.2) is 29.7 Å². The number of amides is 1. The van der Waals surface area contributed by atoms with Crippen LogP contribution in [-0.2, 0) is 0 Å². The number of aromatic amines is 1. The molecule has 6 nitrogen and oxygen atoms in total. The maximum absolute atomic E-state index is 11.0. The molecule has 0 aliphatic heterocycles. The number of fused-ring (bicyclic) bond motifs is 1. The van der Waals surface area contributed by atoms with Crippen molar-refractivity contribution in [2.75, 3.05) is 13.7 Å². The van der Waals surface area contributed by atoms with E-state index >= 15 is 0 Å². The molecule has 2 aromatic rings. The van der Waals surface area contributed by atoms with E-state index in [-0.39, 0.29) is 6.01 Å². The van der Waals surface area contributed by atoms with E-state index in [1.807, 2.05) is 19.1 Å². The highest BCUT2D eigenvalue weighted by molar-refractivity contribution is 5.78. The number of nitrogens with zero attached hydrogens (tertiary/aromatic N) is 1. The Hall–Kier alpha value is -2.24. The molecule has 0 unspecified atom stereocenters. The van der Waals surface area contributed by atoms with E-state index in [0.717, 1.165) is 17.7 Å². The highest BCUT2D eigenvalue weighted by Gasteiger charge is 2.08. The molecule has 6 heteroatoms. The number of ether oxygens (including phenoxy) is 2. The van der Waals surface area contributed by atoms with Crippen LogP contribution in [0.15, 0.2) is 18.2 Å². The quantitative estimate of drug-likeness (QED) is 0.869. The van der Waals surface area contributed by atoms with E-state index in [2.05, 4.69) is 15.3 Å². The van der Waals surface area contributed by atoms with Gasteiger partial charge in [0, 0.05) is 13.1 Å². The van der Waals surface area contributed by atoms with Crippen LogP contribution >= 0.6 is 0 Å². The van der Waals surface area contributed by atoms with Gasteiger partial charge in [-0.25, -0.2) is 4.79 Å². The predicted molar refractivity (Wildman–Crippen MR) is 67.0 cm³/mol.